The van der Waals surface area contributed by atoms with Gasteiger partial charge in [0, 0.05) is 6.54 Å². The number of nitrogens with one attached hydrogen (secondary N) is 1. The van der Waals surface area contributed by atoms with Crippen LogP contribution in [-0.2, 0) is 6.42 Å². The number of hydrogen-bond donors (Lipinski definition) is 2. The topological polar surface area (TPSA) is 49.3 Å². The zero-order valence-corrected chi connectivity index (χ0v) is 13.0. The number of halogens is 3. The van der Waals surface area contributed by atoms with Crippen molar-refractivity contribution in [3.8, 4) is 0 Å². The van der Waals surface area contributed by atoms with Crippen molar-refractivity contribution in [3.05, 3.63) is 70.2 Å². The maximum Gasteiger partial charge on any atom is 0.252 e. The lowest BCUT2D eigenvalue weighted by Gasteiger charge is -2.12. The van der Waals surface area contributed by atoms with Gasteiger partial charge in [0.15, 0.2) is 11.6 Å². The molecule has 0 aliphatic heterocycles. The molecule has 2 N–H and O–H groups in total. The van der Waals surface area contributed by atoms with Crippen LogP contribution in [0.25, 0.3) is 0 Å². The molecule has 0 aliphatic rings. The Labute approximate surface area is 137 Å². The molecule has 0 aliphatic carbocycles. The maximum atomic E-state index is 13.2. The van der Waals surface area contributed by atoms with Crippen molar-refractivity contribution in [2.24, 2.45) is 0 Å². The highest BCUT2D eigenvalue weighted by Crippen LogP contribution is 2.19. The van der Waals surface area contributed by atoms with E-state index in [1.807, 2.05) is 30.3 Å². The van der Waals surface area contributed by atoms with Gasteiger partial charge in [0.2, 0.25) is 0 Å². The van der Waals surface area contributed by atoms with Gasteiger partial charge in [-0.25, -0.2) is 8.78 Å². The second-order valence-electron chi connectivity index (χ2n) is 5.13. The number of aliphatic hydroxyl groups excluding tert-OH is 1. The number of hydrogen-bond acceptors (Lipinski definition) is 2. The molecule has 0 saturated heterocycles. The molecule has 122 valence electrons. The largest absolute Gasteiger partial charge is 0.391 e. The van der Waals surface area contributed by atoms with Crippen molar-refractivity contribution < 1.29 is 18.7 Å². The molecule has 0 bridgehead atoms. The van der Waals surface area contributed by atoms with Crippen LogP contribution in [0.1, 0.15) is 22.3 Å². The highest BCUT2D eigenvalue weighted by Gasteiger charge is 2.16. The van der Waals surface area contributed by atoms with Gasteiger partial charge in [0.1, 0.15) is 0 Å². The van der Waals surface area contributed by atoms with Crippen LogP contribution in [0.5, 0.6) is 0 Å². The van der Waals surface area contributed by atoms with Crippen LogP contribution in [-0.4, -0.2) is 23.7 Å². The molecule has 0 spiro atoms. The summed E-state index contributed by atoms with van der Waals surface area (Å²) in [4.78, 5) is 11.9. The Balaban J connectivity index is 1.85. The van der Waals surface area contributed by atoms with E-state index < -0.39 is 23.6 Å². The summed E-state index contributed by atoms with van der Waals surface area (Å²) in [6.07, 6.45) is 0.391. The molecule has 0 unspecified atom stereocenters. The summed E-state index contributed by atoms with van der Waals surface area (Å²) in [5.41, 5.74) is 0.919. The molecule has 2 aromatic rings. The summed E-state index contributed by atoms with van der Waals surface area (Å²) in [7, 11) is 0. The fourth-order valence-corrected chi connectivity index (χ4v) is 2.32. The first-order valence-corrected chi connectivity index (χ1v) is 7.50. The lowest BCUT2D eigenvalue weighted by Crippen LogP contribution is -2.32. The predicted octanol–water partition coefficient (Wildman–Crippen LogP) is 3.34. The molecule has 3 nitrogen and oxygen atoms in total. The van der Waals surface area contributed by atoms with Crippen LogP contribution < -0.4 is 5.32 Å². The molecule has 6 heteroatoms. The normalized spacial score (nSPS) is 12.0. The molecule has 0 fully saturated rings. The smallest absolute Gasteiger partial charge is 0.252 e. The Morgan fingerprint density at radius 1 is 1.17 bits per heavy atom. The average molecular weight is 340 g/mol. The van der Waals surface area contributed by atoms with Crippen LogP contribution >= 0.6 is 11.6 Å². The van der Waals surface area contributed by atoms with Crippen molar-refractivity contribution >= 4 is 17.5 Å². The van der Waals surface area contributed by atoms with E-state index in [0.717, 1.165) is 17.7 Å². The molecule has 0 aromatic heterocycles. The third-order valence-electron chi connectivity index (χ3n) is 3.36. The Morgan fingerprint density at radius 3 is 2.52 bits per heavy atom. The van der Waals surface area contributed by atoms with E-state index in [9.17, 15) is 18.7 Å². The molecule has 1 amide bonds. The van der Waals surface area contributed by atoms with Crippen LogP contribution in [0.3, 0.4) is 0 Å². The van der Waals surface area contributed by atoms with Gasteiger partial charge >= 0.3 is 0 Å². The third kappa shape index (κ3) is 5.01. The number of aryl methyl sites for hydroxylation is 1. The summed E-state index contributed by atoms with van der Waals surface area (Å²) >= 11 is 5.72. The van der Waals surface area contributed by atoms with Crippen molar-refractivity contribution in [2.45, 2.75) is 18.9 Å². The van der Waals surface area contributed by atoms with E-state index in [4.69, 9.17) is 11.6 Å². The molecule has 2 rings (SSSR count). The zero-order valence-electron chi connectivity index (χ0n) is 12.2. The SMILES string of the molecule is O=C(NC[C@@H](O)CCc1ccccc1)c1cc(F)c(F)cc1Cl. The molecule has 23 heavy (non-hydrogen) atoms. The predicted molar refractivity (Wildman–Crippen MR) is 84.5 cm³/mol. The lowest BCUT2D eigenvalue weighted by atomic mass is 10.1. The van der Waals surface area contributed by atoms with Gasteiger partial charge in [-0.3, -0.25) is 4.79 Å². The Morgan fingerprint density at radius 2 is 1.83 bits per heavy atom. The number of carbonyl (C=O) groups is 1. The van der Waals surface area contributed by atoms with E-state index in [2.05, 4.69) is 5.32 Å². The fraction of sp³-hybridized carbons (Fsp3) is 0.235. The molecule has 0 heterocycles. The van der Waals surface area contributed by atoms with Crippen LogP contribution in [0, 0.1) is 11.6 Å². The number of rotatable bonds is 6. The molecule has 2 aromatic carbocycles. The molecule has 0 radical (unpaired) electrons. The lowest BCUT2D eigenvalue weighted by molar-refractivity contribution is 0.0910. The summed E-state index contributed by atoms with van der Waals surface area (Å²) in [6, 6.07) is 11.1. The van der Waals surface area contributed by atoms with E-state index in [0.29, 0.717) is 12.8 Å². The number of aliphatic hydroxyl groups is 1. The summed E-state index contributed by atoms with van der Waals surface area (Å²) in [5, 5.41) is 12.2. The minimum absolute atomic E-state index is 0.000983. The first-order valence-electron chi connectivity index (χ1n) is 7.12. The molecular formula is C17H16ClF2NO2. The van der Waals surface area contributed by atoms with Gasteiger partial charge in [0.25, 0.3) is 5.91 Å². The van der Waals surface area contributed by atoms with Gasteiger partial charge in [-0.2, -0.15) is 0 Å². The number of amides is 1. The van der Waals surface area contributed by atoms with E-state index >= 15 is 0 Å². The van der Waals surface area contributed by atoms with E-state index in [1.165, 1.54) is 0 Å². The Bertz CT molecular complexity index is 680. The minimum atomic E-state index is -1.15. The highest BCUT2D eigenvalue weighted by molar-refractivity contribution is 6.33. The fourth-order valence-electron chi connectivity index (χ4n) is 2.08. The molecule has 1 atom stereocenters. The summed E-state index contributed by atoms with van der Waals surface area (Å²) < 4.78 is 26.1. The highest BCUT2D eigenvalue weighted by atomic mass is 35.5. The molecule has 0 saturated carbocycles. The van der Waals surface area contributed by atoms with Crippen LogP contribution in [0.4, 0.5) is 8.78 Å². The van der Waals surface area contributed by atoms with E-state index in [1.54, 1.807) is 0 Å². The third-order valence-corrected chi connectivity index (χ3v) is 3.67. The van der Waals surface area contributed by atoms with Crippen molar-refractivity contribution in [1.29, 1.82) is 0 Å². The number of benzene rings is 2. The van der Waals surface area contributed by atoms with Gasteiger partial charge in [-0.15, -0.1) is 0 Å². The van der Waals surface area contributed by atoms with Crippen molar-refractivity contribution in [3.63, 3.8) is 0 Å². The van der Waals surface area contributed by atoms with Crippen molar-refractivity contribution in [2.75, 3.05) is 6.54 Å². The van der Waals surface area contributed by atoms with Gasteiger partial charge in [0.05, 0.1) is 16.7 Å². The Hall–Kier alpha value is -1.98. The first-order chi connectivity index (χ1) is 11.0. The van der Waals surface area contributed by atoms with Gasteiger partial charge in [-0.1, -0.05) is 41.9 Å². The number of carbonyl (C=O) groups excluding carboxylic acids is 1. The zero-order chi connectivity index (χ0) is 16.8. The average Bonchev–Trinajstić information content (AvgIpc) is 2.55. The maximum absolute atomic E-state index is 13.2. The van der Waals surface area contributed by atoms with Crippen LogP contribution in [0.2, 0.25) is 5.02 Å². The summed E-state index contributed by atoms with van der Waals surface area (Å²) in [6.45, 7) is 0.000983. The second kappa shape index (κ2) is 8.04. The van der Waals surface area contributed by atoms with Gasteiger partial charge in [-0.05, 0) is 30.5 Å². The van der Waals surface area contributed by atoms with Crippen molar-refractivity contribution in [1.82, 2.24) is 5.32 Å². The van der Waals surface area contributed by atoms with E-state index in [-0.39, 0.29) is 17.1 Å². The monoisotopic (exact) mass is 339 g/mol. The standard InChI is InChI=1S/C17H16ClF2NO2/c18-14-9-16(20)15(19)8-13(14)17(23)21-10-12(22)7-6-11-4-2-1-3-5-11/h1-5,8-9,12,22H,6-7,10H2,(H,21,23)/t12-/m0/s1. The quantitative estimate of drug-likeness (QED) is 0.793. The Kier molecular flexibility index (Phi) is 6.07. The summed E-state index contributed by atoms with van der Waals surface area (Å²) in [5.74, 6) is -2.92. The first kappa shape index (κ1) is 17.4. The van der Waals surface area contributed by atoms with Gasteiger partial charge < -0.3 is 10.4 Å². The molecular weight excluding hydrogens is 324 g/mol. The minimum Gasteiger partial charge on any atom is -0.391 e. The van der Waals surface area contributed by atoms with Crippen LogP contribution in [0.15, 0.2) is 42.5 Å². The second-order valence-corrected chi connectivity index (χ2v) is 5.54.